The molecule has 0 atom stereocenters. The third-order valence-corrected chi connectivity index (χ3v) is 13.2. The van der Waals surface area contributed by atoms with Crippen LogP contribution in [0.15, 0.2) is 127 Å². The summed E-state index contributed by atoms with van der Waals surface area (Å²) in [5.74, 6) is 0. The van der Waals surface area contributed by atoms with Crippen LogP contribution in [-0.4, -0.2) is 12.4 Å². The fraction of sp³-hybridized carbons (Fsp3) is 0.222. The maximum Gasteiger partial charge on any atom is 0.673 e. The van der Waals surface area contributed by atoms with Gasteiger partial charge in [0.05, 0.1) is 0 Å². The molecule has 0 bridgehead atoms. The number of nitrogens with zero attached hydrogens (tertiary/aromatic N) is 2. The Bertz CT molecular complexity index is 1400. The Morgan fingerprint density at radius 2 is 0.679 bits per heavy atom. The first-order valence-electron chi connectivity index (χ1n) is 18.6. The molecule has 0 spiro atoms. The number of hydrogen-bond donors (Lipinski definition) is 0. The van der Waals surface area contributed by atoms with E-state index in [4.69, 9.17) is 0 Å². The summed E-state index contributed by atoms with van der Waals surface area (Å²) < 4.78 is 39.0. The molecule has 2 aliphatic rings. The second-order valence-corrected chi connectivity index (χ2v) is 16.9. The van der Waals surface area contributed by atoms with E-state index in [1.165, 1.54) is 72.6 Å². The van der Waals surface area contributed by atoms with Crippen LogP contribution in [0, 0.1) is 51.4 Å². The van der Waals surface area contributed by atoms with Crippen molar-refractivity contribution in [3.8, 4) is 0 Å². The Kier molecular flexibility index (Phi) is 26.9. The first-order chi connectivity index (χ1) is 26.4. The summed E-state index contributed by atoms with van der Waals surface area (Å²) in [5.41, 5.74) is 2.17. The normalized spacial score (nSPS) is 14.5. The van der Waals surface area contributed by atoms with Gasteiger partial charge in [0.15, 0.2) is 0 Å². The van der Waals surface area contributed by atoms with Gasteiger partial charge in [0.25, 0.3) is 0 Å². The molecule has 11 heteroatoms. The van der Waals surface area contributed by atoms with Crippen molar-refractivity contribution in [2.24, 2.45) is 0 Å². The number of halogens is 4. The smallest absolute Gasteiger partial charge is 0.578 e. The van der Waals surface area contributed by atoms with Gasteiger partial charge >= 0.3 is 7.25 Å². The van der Waals surface area contributed by atoms with Gasteiger partial charge < -0.3 is 27.5 Å². The Hall–Kier alpha value is -2.02. The predicted octanol–water partition coefficient (Wildman–Crippen LogP) is 11.4. The largest absolute Gasteiger partial charge is 0.673 e. The molecule has 0 aliphatic heterocycles. The molecule has 0 amide bonds. The van der Waals surface area contributed by atoms with Crippen molar-refractivity contribution in [1.82, 2.24) is 10.2 Å². The first-order valence-corrected chi connectivity index (χ1v) is 21.6. The van der Waals surface area contributed by atoms with Crippen LogP contribution in [-0.2, 0) is 51.3 Å². The molecule has 1 aromatic heterocycles. The van der Waals surface area contributed by atoms with E-state index in [-0.39, 0.29) is 39.0 Å². The minimum absolute atomic E-state index is 0. The topological polar surface area (TPSA) is 27.0 Å². The molecule has 0 unspecified atom stereocenters. The summed E-state index contributed by atoms with van der Waals surface area (Å²) in [6.45, 7) is 0. The van der Waals surface area contributed by atoms with Gasteiger partial charge in [-0.2, -0.15) is 0 Å². The molecule has 56 heavy (non-hydrogen) atoms. The van der Waals surface area contributed by atoms with Crippen LogP contribution < -0.4 is 26.3 Å². The van der Waals surface area contributed by atoms with Crippen molar-refractivity contribution < 1.29 is 56.2 Å². The summed E-state index contributed by atoms with van der Waals surface area (Å²) in [4.78, 5) is 0. The van der Waals surface area contributed by atoms with Crippen LogP contribution in [0.4, 0.5) is 17.3 Å². The van der Waals surface area contributed by atoms with E-state index in [2.05, 4.69) is 189 Å². The Balaban J connectivity index is 0.000000384. The molecule has 2 aliphatic carbocycles. The van der Waals surface area contributed by atoms with Crippen LogP contribution in [0.1, 0.15) is 62.8 Å². The molecule has 10 radical (unpaired) electrons. The first kappa shape index (κ1) is 50.1. The average Bonchev–Trinajstić information content (AvgIpc) is 3.61. The number of hydrogen-bond acceptors (Lipinski definition) is 1. The van der Waals surface area contributed by atoms with Gasteiger partial charge in [-0.25, -0.2) is 0 Å². The van der Waals surface area contributed by atoms with E-state index in [0.717, 1.165) is 23.7 Å². The summed E-state index contributed by atoms with van der Waals surface area (Å²) in [7, 11) is -7.04. The Labute approximate surface area is 362 Å². The maximum atomic E-state index is 9.75. The molecule has 2 fully saturated rings. The SMILES string of the molecule is F[B-](F)(F)F.[CH]1[CH]CC[CH][CH]CC1.[CH]1[CH]CC[CH][CH]CC1.[Rh].[Rh].c1ccc(P(Cc2cc(CP(c3ccccc3)c3ccccc3)[n-]n2)c2ccccc2)cc1. The molecule has 7 rings (SSSR count). The molecule has 5 aromatic rings. The molecular weight excluding hydrogens is 923 g/mol. The van der Waals surface area contributed by atoms with E-state index in [1.54, 1.807) is 0 Å². The number of benzene rings is 4. The zero-order chi connectivity index (χ0) is 38.1. The van der Waals surface area contributed by atoms with E-state index in [0.29, 0.717) is 0 Å². The third kappa shape index (κ3) is 21.7. The molecule has 4 aromatic carbocycles. The third-order valence-electron chi connectivity index (χ3n) is 8.22. The monoisotopic (exact) mass is 972 g/mol. The molecule has 300 valence electrons. The van der Waals surface area contributed by atoms with Crippen molar-refractivity contribution in [2.75, 3.05) is 0 Å². The van der Waals surface area contributed by atoms with Crippen molar-refractivity contribution in [3.05, 3.63) is 190 Å². The summed E-state index contributed by atoms with van der Waals surface area (Å²) in [6.07, 6.45) is 29.8. The zero-order valence-electron chi connectivity index (χ0n) is 31.4. The maximum absolute atomic E-state index is 9.75. The van der Waals surface area contributed by atoms with Gasteiger partial charge in [-0.15, -0.1) is 5.69 Å². The van der Waals surface area contributed by atoms with Gasteiger partial charge in [-0.05, 0) is 146 Å². The fourth-order valence-corrected chi connectivity index (χ4v) is 10.1. The molecule has 0 saturated heterocycles. The van der Waals surface area contributed by atoms with Gasteiger partial charge in [-0.3, -0.25) is 0 Å². The Morgan fingerprint density at radius 1 is 0.429 bits per heavy atom. The van der Waals surface area contributed by atoms with Crippen LogP contribution in [0.25, 0.3) is 0 Å². The average molecular weight is 972 g/mol. The molecular formula is C45H49BF4N2P2Rh2-2. The standard InChI is InChI=1S/C29H25N2P2.2C8H12.BF4.2Rh/c1-5-13-26(14-6-1)32(27-15-7-2-8-16-27)22-24-21-25(31-30-24)23-33(28-17-9-3-10-18-28)29-19-11-4-12-20-29;2*1-2-4-6-8-7-5-3-1;2-1(3,4)5;;/h1-21H,22-23H2;2*1-2,7-8H,3-6H2;;;/q-1;;;-1;;. The van der Waals surface area contributed by atoms with E-state index in [9.17, 15) is 17.3 Å². The molecule has 0 N–H and O–H groups in total. The predicted molar refractivity (Wildman–Crippen MR) is 225 cm³/mol. The van der Waals surface area contributed by atoms with Gasteiger partial charge in [0.2, 0.25) is 0 Å². The fourth-order valence-electron chi connectivity index (χ4n) is 5.66. The quantitative estimate of drug-likeness (QED) is 0.0880. The van der Waals surface area contributed by atoms with Gasteiger partial charge in [0.1, 0.15) is 0 Å². The van der Waals surface area contributed by atoms with E-state index in [1.807, 2.05) is 0 Å². The van der Waals surface area contributed by atoms with E-state index < -0.39 is 23.1 Å². The van der Waals surface area contributed by atoms with Crippen LogP contribution in [0.2, 0.25) is 0 Å². The van der Waals surface area contributed by atoms with Crippen molar-refractivity contribution in [1.29, 1.82) is 0 Å². The second kappa shape index (κ2) is 30.1. The minimum atomic E-state index is -6.00. The van der Waals surface area contributed by atoms with Crippen LogP contribution in [0.3, 0.4) is 0 Å². The summed E-state index contributed by atoms with van der Waals surface area (Å²) >= 11 is 0. The van der Waals surface area contributed by atoms with Gasteiger partial charge in [-0.1, -0.05) is 127 Å². The molecule has 2 nitrogen and oxygen atoms in total. The van der Waals surface area contributed by atoms with Crippen molar-refractivity contribution in [3.63, 3.8) is 0 Å². The number of aromatic nitrogens is 2. The summed E-state index contributed by atoms with van der Waals surface area (Å²) in [6, 6.07) is 45.5. The zero-order valence-corrected chi connectivity index (χ0v) is 36.4. The Morgan fingerprint density at radius 3 is 0.946 bits per heavy atom. The van der Waals surface area contributed by atoms with E-state index >= 15 is 0 Å². The van der Waals surface area contributed by atoms with Crippen LogP contribution in [0.5, 0.6) is 0 Å². The second-order valence-electron chi connectivity index (χ2n) is 12.5. The molecule has 1 heterocycles. The van der Waals surface area contributed by atoms with Crippen molar-refractivity contribution >= 4 is 44.3 Å². The molecule has 2 saturated carbocycles. The van der Waals surface area contributed by atoms with Crippen molar-refractivity contribution in [2.45, 2.75) is 63.7 Å². The summed E-state index contributed by atoms with van der Waals surface area (Å²) in [5, 5.41) is 14.7. The van der Waals surface area contributed by atoms with Gasteiger partial charge in [0, 0.05) is 50.8 Å². The minimum Gasteiger partial charge on any atom is -0.578 e. The van der Waals surface area contributed by atoms with Crippen LogP contribution >= 0.6 is 15.8 Å². The number of rotatable bonds is 8.